The summed E-state index contributed by atoms with van der Waals surface area (Å²) in [7, 11) is 0. The first-order chi connectivity index (χ1) is 8.66. The van der Waals surface area contributed by atoms with Crippen LogP contribution in [-0.2, 0) is 0 Å². The highest BCUT2D eigenvalue weighted by molar-refractivity contribution is 5.09. The average molecular weight is 252 g/mol. The zero-order chi connectivity index (χ0) is 13.0. The van der Waals surface area contributed by atoms with Gasteiger partial charge in [0.05, 0.1) is 18.0 Å². The number of hydrogen-bond donors (Lipinski definition) is 2. The molecule has 100 valence electrons. The highest BCUT2D eigenvalue weighted by Crippen LogP contribution is 2.21. The summed E-state index contributed by atoms with van der Waals surface area (Å²) in [5.41, 5.74) is 0.813. The number of aliphatic hydroxyl groups is 1. The van der Waals surface area contributed by atoms with E-state index in [0.29, 0.717) is 0 Å². The molecule has 1 saturated carbocycles. The Kier molecular flexibility index (Phi) is 4.66. The van der Waals surface area contributed by atoms with Gasteiger partial charge in [0.1, 0.15) is 5.82 Å². The molecule has 0 aromatic carbocycles. The molecule has 2 N–H and O–H groups in total. The van der Waals surface area contributed by atoms with E-state index in [2.05, 4.69) is 10.3 Å². The molecule has 2 rings (SSSR count). The molecule has 0 bridgehead atoms. The number of hydrogen-bond acceptors (Lipinski definition) is 3. The van der Waals surface area contributed by atoms with Crippen molar-refractivity contribution in [3.63, 3.8) is 0 Å². The number of rotatable bonds is 3. The van der Waals surface area contributed by atoms with Gasteiger partial charge in [0, 0.05) is 12.1 Å². The monoisotopic (exact) mass is 252 g/mol. The van der Waals surface area contributed by atoms with Gasteiger partial charge in [0.2, 0.25) is 0 Å². The summed E-state index contributed by atoms with van der Waals surface area (Å²) in [6, 6.07) is 3.26. The Morgan fingerprint density at radius 3 is 2.83 bits per heavy atom. The number of aromatic nitrogens is 1. The quantitative estimate of drug-likeness (QED) is 0.813. The molecule has 0 radical (unpaired) electrons. The molecule has 1 aromatic rings. The fourth-order valence-electron chi connectivity index (χ4n) is 2.53. The standard InChI is InChI=1S/C14H21FN2O/c1-10(12-8-7-11(15)9-16-12)17-13-5-3-2-4-6-14(13)18/h7-10,13-14,17-18H,2-6H2,1H3. The molecule has 3 nitrogen and oxygen atoms in total. The van der Waals surface area contributed by atoms with Crippen LogP contribution in [0, 0.1) is 5.82 Å². The second-order valence-electron chi connectivity index (χ2n) is 5.10. The van der Waals surface area contributed by atoms with Gasteiger partial charge in [-0.25, -0.2) is 4.39 Å². The minimum absolute atomic E-state index is 0.0309. The van der Waals surface area contributed by atoms with Crippen LogP contribution in [0.3, 0.4) is 0 Å². The highest BCUT2D eigenvalue weighted by atomic mass is 19.1. The van der Waals surface area contributed by atoms with Crippen LogP contribution in [0.25, 0.3) is 0 Å². The van der Waals surface area contributed by atoms with E-state index in [-0.39, 0.29) is 24.0 Å². The largest absolute Gasteiger partial charge is 0.392 e. The van der Waals surface area contributed by atoms with Crippen LogP contribution >= 0.6 is 0 Å². The zero-order valence-corrected chi connectivity index (χ0v) is 10.8. The summed E-state index contributed by atoms with van der Waals surface area (Å²) < 4.78 is 12.8. The van der Waals surface area contributed by atoms with Crippen LogP contribution in [0.15, 0.2) is 18.3 Å². The first-order valence-electron chi connectivity index (χ1n) is 6.72. The Balaban J connectivity index is 1.97. The van der Waals surface area contributed by atoms with Crippen molar-refractivity contribution in [1.82, 2.24) is 10.3 Å². The molecule has 18 heavy (non-hydrogen) atoms. The van der Waals surface area contributed by atoms with Gasteiger partial charge in [-0.1, -0.05) is 19.3 Å². The van der Waals surface area contributed by atoms with E-state index >= 15 is 0 Å². The van der Waals surface area contributed by atoms with Crippen LogP contribution in [0.4, 0.5) is 4.39 Å². The maximum Gasteiger partial charge on any atom is 0.141 e. The van der Waals surface area contributed by atoms with E-state index in [1.165, 1.54) is 18.7 Å². The summed E-state index contributed by atoms with van der Waals surface area (Å²) in [5, 5.41) is 13.5. The topological polar surface area (TPSA) is 45.1 Å². The first kappa shape index (κ1) is 13.4. The van der Waals surface area contributed by atoms with Gasteiger partial charge in [-0.05, 0) is 31.9 Å². The summed E-state index contributed by atoms with van der Waals surface area (Å²) >= 11 is 0. The summed E-state index contributed by atoms with van der Waals surface area (Å²) in [5.74, 6) is -0.319. The molecular formula is C14H21FN2O. The Bertz CT molecular complexity index is 369. The van der Waals surface area contributed by atoms with E-state index in [1.807, 2.05) is 6.92 Å². The SMILES string of the molecule is CC(NC1CCCCCC1O)c1ccc(F)cn1. The molecular weight excluding hydrogens is 231 g/mol. The molecule has 1 aromatic heterocycles. The van der Waals surface area contributed by atoms with Crippen molar-refractivity contribution in [2.45, 2.75) is 57.2 Å². The Morgan fingerprint density at radius 1 is 1.33 bits per heavy atom. The van der Waals surface area contributed by atoms with Crippen molar-refractivity contribution in [3.05, 3.63) is 29.8 Å². The molecule has 1 aliphatic rings. The van der Waals surface area contributed by atoms with Gasteiger partial charge >= 0.3 is 0 Å². The number of nitrogens with zero attached hydrogens (tertiary/aromatic N) is 1. The molecule has 0 spiro atoms. The van der Waals surface area contributed by atoms with Crippen molar-refractivity contribution in [1.29, 1.82) is 0 Å². The second kappa shape index (κ2) is 6.25. The normalized spacial score (nSPS) is 26.6. The molecule has 4 heteroatoms. The lowest BCUT2D eigenvalue weighted by molar-refractivity contribution is 0.114. The number of aliphatic hydroxyl groups excluding tert-OH is 1. The van der Waals surface area contributed by atoms with E-state index in [0.717, 1.165) is 31.4 Å². The summed E-state index contributed by atoms with van der Waals surface area (Å²) in [6.07, 6.45) is 6.25. The molecule has 0 amide bonds. The molecule has 1 aliphatic carbocycles. The van der Waals surface area contributed by atoms with E-state index in [9.17, 15) is 9.50 Å². The van der Waals surface area contributed by atoms with Crippen LogP contribution in [0.5, 0.6) is 0 Å². The van der Waals surface area contributed by atoms with Gasteiger partial charge in [-0.3, -0.25) is 4.98 Å². The Morgan fingerprint density at radius 2 is 2.11 bits per heavy atom. The lowest BCUT2D eigenvalue weighted by atomic mass is 10.0. The van der Waals surface area contributed by atoms with E-state index in [1.54, 1.807) is 6.07 Å². The van der Waals surface area contributed by atoms with Gasteiger partial charge < -0.3 is 10.4 Å². The molecule has 3 unspecified atom stereocenters. The summed E-state index contributed by atoms with van der Waals surface area (Å²) in [6.45, 7) is 2.00. The average Bonchev–Trinajstić information content (AvgIpc) is 2.56. The van der Waals surface area contributed by atoms with Crippen molar-refractivity contribution >= 4 is 0 Å². The third-order valence-corrected chi connectivity index (χ3v) is 3.64. The molecule has 1 heterocycles. The van der Waals surface area contributed by atoms with Crippen molar-refractivity contribution in [2.24, 2.45) is 0 Å². The fraction of sp³-hybridized carbons (Fsp3) is 0.643. The Hall–Kier alpha value is -1.00. The predicted molar refractivity (Wildman–Crippen MR) is 68.6 cm³/mol. The highest BCUT2D eigenvalue weighted by Gasteiger charge is 2.23. The van der Waals surface area contributed by atoms with Gasteiger partial charge in [0.25, 0.3) is 0 Å². The maximum atomic E-state index is 12.8. The first-order valence-corrected chi connectivity index (χ1v) is 6.72. The third-order valence-electron chi connectivity index (χ3n) is 3.64. The molecule has 1 fully saturated rings. The van der Waals surface area contributed by atoms with Crippen LogP contribution in [0.1, 0.15) is 50.8 Å². The minimum Gasteiger partial charge on any atom is -0.392 e. The number of halogens is 1. The van der Waals surface area contributed by atoms with Crippen molar-refractivity contribution < 1.29 is 9.50 Å². The minimum atomic E-state index is -0.319. The maximum absolute atomic E-state index is 12.8. The van der Waals surface area contributed by atoms with Crippen molar-refractivity contribution in [3.8, 4) is 0 Å². The van der Waals surface area contributed by atoms with Gasteiger partial charge in [0.15, 0.2) is 0 Å². The Labute approximate surface area is 107 Å². The molecule has 3 atom stereocenters. The van der Waals surface area contributed by atoms with Gasteiger partial charge in [-0.15, -0.1) is 0 Å². The number of pyridine rings is 1. The lowest BCUT2D eigenvalue weighted by Crippen LogP contribution is -2.40. The van der Waals surface area contributed by atoms with Crippen LogP contribution < -0.4 is 5.32 Å². The smallest absolute Gasteiger partial charge is 0.141 e. The van der Waals surface area contributed by atoms with E-state index < -0.39 is 0 Å². The molecule has 0 aliphatic heterocycles. The van der Waals surface area contributed by atoms with E-state index in [4.69, 9.17) is 0 Å². The van der Waals surface area contributed by atoms with Gasteiger partial charge in [-0.2, -0.15) is 0 Å². The zero-order valence-electron chi connectivity index (χ0n) is 10.8. The fourth-order valence-corrected chi connectivity index (χ4v) is 2.53. The third kappa shape index (κ3) is 3.50. The van der Waals surface area contributed by atoms with Crippen molar-refractivity contribution in [2.75, 3.05) is 0 Å². The van der Waals surface area contributed by atoms with Crippen LogP contribution in [-0.4, -0.2) is 22.2 Å². The lowest BCUT2D eigenvalue weighted by Gasteiger charge is -2.25. The summed E-state index contributed by atoms with van der Waals surface area (Å²) in [4.78, 5) is 4.07. The molecule has 0 saturated heterocycles. The number of nitrogens with one attached hydrogen (secondary N) is 1. The van der Waals surface area contributed by atoms with Crippen LogP contribution in [0.2, 0.25) is 0 Å². The predicted octanol–water partition coefficient (Wildman–Crippen LogP) is 2.56. The second-order valence-corrected chi connectivity index (χ2v) is 5.10.